The molecule has 0 bridgehead atoms. The first-order valence-electron chi connectivity index (χ1n) is 9.35. The third kappa shape index (κ3) is 3.60. The van der Waals surface area contributed by atoms with E-state index in [9.17, 15) is 4.79 Å². The van der Waals surface area contributed by atoms with Crippen LogP contribution in [0, 0.1) is 0 Å². The van der Waals surface area contributed by atoms with Gasteiger partial charge in [0.25, 0.3) is 0 Å². The van der Waals surface area contributed by atoms with Crippen LogP contribution in [0.3, 0.4) is 0 Å². The molecule has 6 heteroatoms. The number of fused-ring (bicyclic) bond motifs is 3. The van der Waals surface area contributed by atoms with Gasteiger partial charge in [-0.2, -0.15) is 0 Å². The van der Waals surface area contributed by atoms with Crippen LogP contribution in [0.4, 0.5) is 0 Å². The molecule has 1 aliphatic heterocycles. The molecule has 2 aromatic carbocycles. The van der Waals surface area contributed by atoms with Gasteiger partial charge in [0, 0.05) is 24.5 Å². The van der Waals surface area contributed by atoms with Gasteiger partial charge in [-0.1, -0.05) is 37.1 Å². The number of nitrogens with zero attached hydrogens (tertiary/aromatic N) is 1. The predicted octanol–water partition coefficient (Wildman–Crippen LogP) is 4.76. The average Bonchev–Trinajstić information content (AvgIpc) is 2.70. The molecule has 2 heterocycles. The molecule has 0 amide bonds. The summed E-state index contributed by atoms with van der Waals surface area (Å²) in [4.78, 5) is 14.3. The number of methoxy groups -OCH3 is 1. The molecule has 146 valence electrons. The molecule has 0 fully saturated rings. The van der Waals surface area contributed by atoms with Crippen molar-refractivity contribution in [3.05, 3.63) is 68.5 Å². The highest BCUT2D eigenvalue weighted by Crippen LogP contribution is 2.39. The standard InChI is InChI=1S/C22H22ClNO4/c1-3-4-15-9-20(25)28-21-17(15)10-19(23)22-18(21)12-24(13-27-22)11-14-5-7-16(26-2)8-6-14/h5-10H,3-4,11-13H2,1-2H3. The van der Waals surface area contributed by atoms with Gasteiger partial charge >= 0.3 is 5.63 Å². The largest absolute Gasteiger partial charge is 0.497 e. The number of halogens is 1. The van der Waals surface area contributed by atoms with Crippen molar-refractivity contribution in [1.82, 2.24) is 4.90 Å². The van der Waals surface area contributed by atoms with E-state index < -0.39 is 0 Å². The smallest absolute Gasteiger partial charge is 0.336 e. The summed E-state index contributed by atoms with van der Waals surface area (Å²) < 4.78 is 16.7. The maximum atomic E-state index is 12.1. The SMILES string of the molecule is CCCc1cc(=O)oc2c3c(c(Cl)cc12)OCN(Cc1ccc(OC)cc1)C3. The summed E-state index contributed by atoms with van der Waals surface area (Å²) in [7, 11) is 1.65. The van der Waals surface area contributed by atoms with E-state index in [1.54, 1.807) is 13.2 Å². The maximum absolute atomic E-state index is 12.1. The fourth-order valence-corrected chi connectivity index (χ4v) is 3.94. The van der Waals surface area contributed by atoms with Crippen LogP contribution < -0.4 is 15.1 Å². The van der Waals surface area contributed by atoms with E-state index in [2.05, 4.69) is 11.8 Å². The summed E-state index contributed by atoms with van der Waals surface area (Å²) in [6.07, 6.45) is 1.74. The molecule has 0 aliphatic carbocycles. The third-order valence-electron chi connectivity index (χ3n) is 4.98. The lowest BCUT2D eigenvalue weighted by Crippen LogP contribution is -2.32. The van der Waals surface area contributed by atoms with Gasteiger partial charge in [0.05, 0.1) is 17.7 Å². The fraction of sp³-hybridized carbons (Fsp3) is 0.318. The Hall–Kier alpha value is -2.50. The number of hydrogen-bond acceptors (Lipinski definition) is 5. The minimum atomic E-state index is -0.340. The zero-order valence-corrected chi connectivity index (χ0v) is 16.7. The van der Waals surface area contributed by atoms with Gasteiger partial charge in [-0.3, -0.25) is 4.90 Å². The molecule has 0 N–H and O–H groups in total. The second kappa shape index (κ2) is 7.86. The number of benzene rings is 2. The van der Waals surface area contributed by atoms with Crippen LogP contribution in [-0.2, 0) is 19.5 Å². The Morgan fingerprint density at radius 1 is 1.21 bits per heavy atom. The van der Waals surface area contributed by atoms with Gasteiger partial charge in [-0.05, 0) is 35.7 Å². The van der Waals surface area contributed by atoms with Crippen LogP contribution in [0.1, 0.15) is 30.0 Å². The lowest BCUT2D eigenvalue weighted by molar-refractivity contribution is 0.0890. The monoisotopic (exact) mass is 399 g/mol. The lowest BCUT2D eigenvalue weighted by atomic mass is 10.0. The number of rotatable bonds is 5. The third-order valence-corrected chi connectivity index (χ3v) is 5.26. The Labute approximate surface area is 168 Å². The van der Waals surface area contributed by atoms with Crippen LogP contribution in [-0.4, -0.2) is 18.7 Å². The van der Waals surface area contributed by atoms with Crippen molar-refractivity contribution in [2.75, 3.05) is 13.8 Å². The highest BCUT2D eigenvalue weighted by Gasteiger charge is 2.25. The van der Waals surface area contributed by atoms with Gasteiger partial charge in [-0.15, -0.1) is 0 Å². The molecular weight excluding hydrogens is 378 g/mol. The maximum Gasteiger partial charge on any atom is 0.336 e. The summed E-state index contributed by atoms with van der Waals surface area (Å²) in [5.74, 6) is 1.43. The zero-order valence-electron chi connectivity index (χ0n) is 16.0. The van der Waals surface area contributed by atoms with E-state index in [-0.39, 0.29) is 5.63 Å². The second-order valence-corrected chi connectivity index (χ2v) is 7.40. The molecule has 4 rings (SSSR count). The summed E-state index contributed by atoms with van der Waals surface area (Å²) >= 11 is 6.50. The number of ether oxygens (including phenoxy) is 2. The summed E-state index contributed by atoms with van der Waals surface area (Å²) in [6, 6.07) is 11.4. The predicted molar refractivity (Wildman–Crippen MR) is 109 cm³/mol. The Balaban J connectivity index is 1.70. The van der Waals surface area contributed by atoms with Crippen molar-refractivity contribution in [2.45, 2.75) is 32.9 Å². The molecule has 0 saturated carbocycles. The first kappa shape index (κ1) is 18.8. The quantitative estimate of drug-likeness (QED) is 0.579. The van der Waals surface area contributed by atoms with Crippen molar-refractivity contribution >= 4 is 22.6 Å². The highest BCUT2D eigenvalue weighted by molar-refractivity contribution is 6.33. The van der Waals surface area contributed by atoms with Gasteiger partial charge in [0.1, 0.15) is 23.8 Å². The summed E-state index contributed by atoms with van der Waals surface area (Å²) in [5.41, 5.74) is 3.18. The molecule has 1 aliphatic rings. The number of hydrogen-bond donors (Lipinski definition) is 0. The van der Waals surface area contributed by atoms with Crippen LogP contribution in [0.25, 0.3) is 11.0 Å². The number of aryl methyl sites for hydroxylation is 1. The van der Waals surface area contributed by atoms with E-state index in [4.69, 9.17) is 25.5 Å². The van der Waals surface area contributed by atoms with Crippen LogP contribution >= 0.6 is 11.6 Å². The zero-order chi connectivity index (χ0) is 19.7. The van der Waals surface area contributed by atoms with E-state index in [1.165, 1.54) is 0 Å². The van der Waals surface area contributed by atoms with Gasteiger partial charge in [0.15, 0.2) is 0 Å². The first-order valence-corrected chi connectivity index (χ1v) is 9.73. The Kier molecular flexibility index (Phi) is 5.29. The second-order valence-electron chi connectivity index (χ2n) is 6.99. The van der Waals surface area contributed by atoms with E-state index in [1.807, 2.05) is 30.3 Å². The summed E-state index contributed by atoms with van der Waals surface area (Å²) in [6.45, 7) is 3.80. The van der Waals surface area contributed by atoms with Gasteiger partial charge in [0.2, 0.25) is 0 Å². The van der Waals surface area contributed by atoms with Crippen molar-refractivity contribution in [3.63, 3.8) is 0 Å². The van der Waals surface area contributed by atoms with Crippen molar-refractivity contribution in [2.24, 2.45) is 0 Å². The van der Waals surface area contributed by atoms with Crippen molar-refractivity contribution in [1.29, 1.82) is 0 Å². The van der Waals surface area contributed by atoms with Crippen molar-refractivity contribution in [3.8, 4) is 11.5 Å². The first-order chi connectivity index (χ1) is 13.6. The molecule has 0 spiro atoms. The van der Waals surface area contributed by atoms with Crippen LogP contribution in [0.2, 0.25) is 5.02 Å². The molecule has 28 heavy (non-hydrogen) atoms. The lowest BCUT2D eigenvalue weighted by Gasteiger charge is -2.30. The van der Waals surface area contributed by atoms with Gasteiger partial charge in [-0.25, -0.2) is 4.79 Å². The molecule has 0 saturated heterocycles. The Bertz CT molecular complexity index is 1060. The average molecular weight is 400 g/mol. The Morgan fingerprint density at radius 3 is 2.71 bits per heavy atom. The highest BCUT2D eigenvalue weighted by atomic mass is 35.5. The van der Waals surface area contributed by atoms with E-state index in [0.29, 0.717) is 36.2 Å². The van der Waals surface area contributed by atoms with Crippen LogP contribution in [0.5, 0.6) is 11.5 Å². The molecule has 1 aromatic heterocycles. The summed E-state index contributed by atoms with van der Waals surface area (Å²) in [5, 5.41) is 1.44. The molecule has 0 atom stereocenters. The minimum absolute atomic E-state index is 0.340. The Morgan fingerprint density at radius 2 is 2.00 bits per heavy atom. The van der Waals surface area contributed by atoms with Crippen LogP contribution in [0.15, 0.2) is 45.6 Å². The fourth-order valence-electron chi connectivity index (χ4n) is 3.66. The van der Waals surface area contributed by atoms with E-state index >= 15 is 0 Å². The van der Waals surface area contributed by atoms with Crippen molar-refractivity contribution < 1.29 is 13.9 Å². The molecular formula is C22H22ClNO4. The molecule has 0 unspecified atom stereocenters. The molecule has 3 aromatic rings. The molecule has 5 nitrogen and oxygen atoms in total. The topological polar surface area (TPSA) is 51.9 Å². The van der Waals surface area contributed by atoms with E-state index in [0.717, 1.165) is 40.7 Å². The normalized spacial score (nSPS) is 14.0. The molecule has 0 radical (unpaired) electrons. The minimum Gasteiger partial charge on any atom is -0.497 e. The van der Waals surface area contributed by atoms with Gasteiger partial charge < -0.3 is 13.9 Å².